The van der Waals surface area contributed by atoms with Crippen LogP contribution in [0.15, 0.2) is 54.6 Å². The van der Waals surface area contributed by atoms with Gasteiger partial charge in [0.25, 0.3) is 0 Å². The molecule has 2 aromatic carbocycles. The number of pyridine rings is 1. The van der Waals surface area contributed by atoms with Crippen LogP contribution in [0.4, 0.5) is 0 Å². The number of benzene rings is 2. The number of esters is 1. The van der Waals surface area contributed by atoms with Gasteiger partial charge < -0.3 is 23.7 Å². The van der Waals surface area contributed by atoms with Crippen molar-refractivity contribution in [3.05, 3.63) is 76.8 Å². The summed E-state index contributed by atoms with van der Waals surface area (Å²) in [5, 5.41) is 0. The number of carbonyl (C=O) groups is 2. The highest BCUT2D eigenvalue weighted by molar-refractivity contribution is 6.15. The number of hydrogen-bond donors (Lipinski definition) is 0. The molecule has 33 heavy (non-hydrogen) atoms. The number of Topliss-reactive ketones (excluding diaryl/α,β-unsaturated/α-hetero) is 1. The van der Waals surface area contributed by atoms with Crippen LogP contribution in [-0.4, -0.2) is 38.1 Å². The molecule has 4 rings (SSSR count). The van der Waals surface area contributed by atoms with Gasteiger partial charge in [-0.05, 0) is 48.9 Å². The highest BCUT2D eigenvalue weighted by atomic mass is 16.5. The summed E-state index contributed by atoms with van der Waals surface area (Å²) in [6, 6.07) is 9.73. The lowest BCUT2D eigenvalue weighted by Gasteiger charge is -2.14. The molecule has 1 aliphatic rings. The van der Waals surface area contributed by atoms with Crippen molar-refractivity contribution in [3.63, 3.8) is 0 Å². The zero-order valence-corrected chi connectivity index (χ0v) is 18.5. The topological polar surface area (TPSA) is 93.2 Å². The van der Waals surface area contributed by atoms with Crippen LogP contribution < -0.4 is 23.7 Å². The Kier molecular flexibility index (Phi) is 5.99. The van der Waals surface area contributed by atoms with E-state index < -0.39 is 5.97 Å². The second kappa shape index (κ2) is 9.04. The largest absolute Gasteiger partial charge is 0.493 e. The molecule has 0 atom stereocenters. The van der Waals surface area contributed by atoms with E-state index in [2.05, 4.69) is 4.98 Å². The molecule has 8 nitrogen and oxygen atoms in total. The number of methoxy groups -OCH3 is 3. The molecule has 0 unspecified atom stereocenters. The third-order valence-corrected chi connectivity index (χ3v) is 5.12. The van der Waals surface area contributed by atoms with Gasteiger partial charge in [0.1, 0.15) is 11.5 Å². The molecule has 0 fully saturated rings. The number of fused-ring (bicyclic) bond motifs is 1. The van der Waals surface area contributed by atoms with E-state index in [-0.39, 0.29) is 22.9 Å². The van der Waals surface area contributed by atoms with Crippen LogP contribution in [-0.2, 0) is 0 Å². The maximum absolute atomic E-state index is 12.9. The molecule has 3 aromatic rings. The first-order valence-corrected chi connectivity index (χ1v) is 9.97. The summed E-state index contributed by atoms with van der Waals surface area (Å²) in [5.74, 6) is 0.932. The Morgan fingerprint density at radius 3 is 2.33 bits per heavy atom. The highest BCUT2D eigenvalue weighted by Crippen LogP contribution is 2.41. The Morgan fingerprint density at radius 1 is 1.00 bits per heavy atom. The monoisotopic (exact) mass is 447 g/mol. The second-order valence-electron chi connectivity index (χ2n) is 7.10. The van der Waals surface area contributed by atoms with Crippen LogP contribution in [0.1, 0.15) is 31.8 Å². The molecule has 8 heteroatoms. The number of aromatic nitrogens is 1. The number of allylic oxidation sites excluding steroid dienone is 1. The molecule has 0 radical (unpaired) electrons. The average molecular weight is 447 g/mol. The third-order valence-electron chi connectivity index (χ3n) is 5.12. The SMILES string of the molecule is COc1cc(C(=O)Oc2ccc3c(c2C)O/C(=C\c2cccnc2)C3=O)cc(OC)c1OC. The minimum Gasteiger partial charge on any atom is -0.493 e. The van der Waals surface area contributed by atoms with Crippen LogP contribution >= 0.6 is 0 Å². The molecular formula is C25H21NO7. The van der Waals surface area contributed by atoms with Gasteiger partial charge in [0, 0.05) is 18.0 Å². The zero-order valence-electron chi connectivity index (χ0n) is 18.5. The van der Waals surface area contributed by atoms with Gasteiger partial charge >= 0.3 is 5.97 Å². The van der Waals surface area contributed by atoms with Gasteiger partial charge in [-0.2, -0.15) is 0 Å². The first-order valence-electron chi connectivity index (χ1n) is 9.97. The molecule has 2 heterocycles. The number of rotatable bonds is 6. The summed E-state index contributed by atoms with van der Waals surface area (Å²) in [4.78, 5) is 29.7. The predicted octanol–water partition coefficient (Wildman–Crippen LogP) is 4.25. The van der Waals surface area contributed by atoms with Crippen molar-refractivity contribution in [3.8, 4) is 28.7 Å². The summed E-state index contributed by atoms with van der Waals surface area (Å²) in [6.07, 6.45) is 4.90. The standard InChI is InChI=1S/C25H21NO7/c1-14-18(33-25(28)16-11-20(29-2)24(31-4)21(12-16)30-3)8-7-17-22(27)19(32-23(14)17)10-15-6-5-9-26-13-15/h5-13H,1-4H3/b19-10-. The van der Waals surface area contributed by atoms with E-state index in [1.807, 2.05) is 6.07 Å². The van der Waals surface area contributed by atoms with Gasteiger partial charge in [0.2, 0.25) is 11.5 Å². The van der Waals surface area contributed by atoms with Gasteiger partial charge in [-0.3, -0.25) is 9.78 Å². The summed E-state index contributed by atoms with van der Waals surface area (Å²) >= 11 is 0. The second-order valence-corrected chi connectivity index (χ2v) is 7.10. The molecule has 0 bridgehead atoms. The van der Waals surface area contributed by atoms with Gasteiger partial charge in [-0.1, -0.05) is 6.07 Å². The van der Waals surface area contributed by atoms with Crippen molar-refractivity contribution in [1.29, 1.82) is 0 Å². The molecule has 0 aliphatic carbocycles. The summed E-state index contributed by atoms with van der Waals surface area (Å²) in [5.41, 5.74) is 1.87. The summed E-state index contributed by atoms with van der Waals surface area (Å²) in [7, 11) is 4.40. The smallest absolute Gasteiger partial charge is 0.343 e. The molecule has 168 valence electrons. The fourth-order valence-electron chi connectivity index (χ4n) is 3.45. The Balaban J connectivity index is 1.62. The molecule has 0 saturated carbocycles. The lowest BCUT2D eigenvalue weighted by molar-refractivity contribution is 0.0732. The van der Waals surface area contributed by atoms with Crippen LogP contribution in [0.2, 0.25) is 0 Å². The molecule has 1 aromatic heterocycles. The summed E-state index contributed by atoms with van der Waals surface area (Å²) in [6.45, 7) is 1.72. The van der Waals surface area contributed by atoms with Crippen LogP contribution in [0.3, 0.4) is 0 Å². The van der Waals surface area contributed by atoms with Crippen LogP contribution in [0.5, 0.6) is 28.7 Å². The fourth-order valence-corrected chi connectivity index (χ4v) is 3.45. The molecule has 0 spiro atoms. The maximum atomic E-state index is 12.9. The van der Waals surface area contributed by atoms with Crippen molar-refractivity contribution in [2.45, 2.75) is 6.92 Å². The Hall–Kier alpha value is -4.33. The van der Waals surface area contributed by atoms with Crippen molar-refractivity contribution < 1.29 is 33.3 Å². The fraction of sp³-hybridized carbons (Fsp3) is 0.160. The van der Waals surface area contributed by atoms with Gasteiger partial charge in [-0.15, -0.1) is 0 Å². The molecule has 0 N–H and O–H groups in total. The molecule has 1 aliphatic heterocycles. The number of hydrogen-bond acceptors (Lipinski definition) is 8. The average Bonchev–Trinajstić information content (AvgIpc) is 3.16. The van der Waals surface area contributed by atoms with Crippen molar-refractivity contribution >= 4 is 17.8 Å². The van der Waals surface area contributed by atoms with E-state index in [0.29, 0.717) is 34.1 Å². The van der Waals surface area contributed by atoms with Crippen LogP contribution in [0.25, 0.3) is 6.08 Å². The third kappa shape index (κ3) is 4.10. The van der Waals surface area contributed by atoms with Crippen LogP contribution in [0, 0.1) is 6.92 Å². The number of nitrogens with zero attached hydrogens (tertiary/aromatic N) is 1. The molecule has 0 saturated heterocycles. The Morgan fingerprint density at radius 2 is 1.73 bits per heavy atom. The predicted molar refractivity (Wildman–Crippen MR) is 119 cm³/mol. The van der Waals surface area contributed by atoms with E-state index in [0.717, 1.165) is 5.56 Å². The minimum atomic E-state index is -0.632. The van der Waals surface area contributed by atoms with E-state index in [1.54, 1.807) is 43.6 Å². The van der Waals surface area contributed by atoms with Crippen molar-refractivity contribution in [1.82, 2.24) is 4.98 Å². The Bertz CT molecular complexity index is 1240. The molecule has 0 amide bonds. The first kappa shape index (κ1) is 21.9. The number of ether oxygens (including phenoxy) is 5. The number of ketones is 1. The normalized spacial score (nSPS) is 13.3. The maximum Gasteiger partial charge on any atom is 0.343 e. The van der Waals surface area contributed by atoms with E-state index in [9.17, 15) is 9.59 Å². The lowest BCUT2D eigenvalue weighted by atomic mass is 10.1. The molecular weight excluding hydrogens is 426 g/mol. The lowest BCUT2D eigenvalue weighted by Crippen LogP contribution is -2.10. The van der Waals surface area contributed by atoms with Gasteiger partial charge in [0.15, 0.2) is 17.3 Å². The first-order chi connectivity index (χ1) is 16.0. The van der Waals surface area contributed by atoms with E-state index >= 15 is 0 Å². The van der Waals surface area contributed by atoms with Crippen molar-refractivity contribution in [2.75, 3.05) is 21.3 Å². The minimum absolute atomic E-state index is 0.175. The number of carbonyl (C=O) groups excluding carboxylic acids is 2. The van der Waals surface area contributed by atoms with Gasteiger partial charge in [-0.25, -0.2) is 4.79 Å². The van der Waals surface area contributed by atoms with E-state index in [1.165, 1.54) is 33.5 Å². The summed E-state index contributed by atoms with van der Waals surface area (Å²) < 4.78 is 27.3. The zero-order chi connectivity index (χ0) is 23.5. The highest BCUT2D eigenvalue weighted by Gasteiger charge is 2.31. The van der Waals surface area contributed by atoms with Gasteiger partial charge in [0.05, 0.1) is 32.5 Å². The van der Waals surface area contributed by atoms with Crippen molar-refractivity contribution in [2.24, 2.45) is 0 Å². The Labute approximate surface area is 190 Å². The van der Waals surface area contributed by atoms with E-state index in [4.69, 9.17) is 23.7 Å². The quantitative estimate of drug-likeness (QED) is 0.315.